The largest absolute Gasteiger partial charge is 0.475 e. The van der Waals surface area contributed by atoms with Crippen molar-refractivity contribution < 1.29 is 19.4 Å². The van der Waals surface area contributed by atoms with Crippen LogP contribution in [0.5, 0.6) is 0 Å². The summed E-state index contributed by atoms with van der Waals surface area (Å²) in [7, 11) is 0. The van der Waals surface area contributed by atoms with Crippen molar-refractivity contribution in [3.63, 3.8) is 0 Å². The third kappa shape index (κ3) is 2.49. The second-order valence-electron chi connectivity index (χ2n) is 3.46. The first-order valence-corrected chi connectivity index (χ1v) is 5.22. The van der Waals surface area contributed by atoms with Gasteiger partial charge in [-0.25, -0.2) is 4.79 Å². The predicted molar refractivity (Wildman–Crippen MR) is 61.2 cm³/mol. The molecule has 0 aliphatic heterocycles. The lowest BCUT2D eigenvalue weighted by Crippen LogP contribution is -1.98. The molecule has 2 rings (SSSR count). The molecule has 1 unspecified atom stereocenters. The Labute approximate surface area is 102 Å². The Bertz CT molecular complexity index is 547. The van der Waals surface area contributed by atoms with Gasteiger partial charge in [0.15, 0.2) is 0 Å². The van der Waals surface area contributed by atoms with E-state index in [1.54, 1.807) is 24.3 Å². The van der Waals surface area contributed by atoms with Crippen LogP contribution in [0.1, 0.15) is 28.0 Å². The maximum Gasteiger partial charge on any atom is 0.371 e. The fourth-order valence-corrected chi connectivity index (χ4v) is 1.65. The summed E-state index contributed by atoms with van der Waals surface area (Å²) in [4.78, 5) is 10.6. The summed E-state index contributed by atoms with van der Waals surface area (Å²) in [6.07, 6.45) is -1.03. The number of aromatic carboxylic acids is 1. The molecule has 0 spiro atoms. The van der Waals surface area contributed by atoms with E-state index in [1.807, 2.05) is 0 Å². The summed E-state index contributed by atoms with van der Waals surface area (Å²) < 4.78 is 5.01. The molecular formula is C12H9ClO4. The van der Waals surface area contributed by atoms with E-state index < -0.39 is 12.1 Å². The van der Waals surface area contributed by atoms with E-state index in [1.165, 1.54) is 12.1 Å². The average Bonchev–Trinajstić information content (AvgIpc) is 2.77. The number of halogens is 1. The van der Waals surface area contributed by atoms with Gasteiger partial charge in [0.25, 0.3) is 0 Å². The van der Waals surface area contributed by atoms with Gasteiger partial charge in [0, 0.05) is 5.02 Å². The molecule has 0 fully saturated rings. The van der Waals surface area contributed by atoms with Crippen molar-refractivity contribution in [2.75, 3.05) is 0 Å². The Balaban J connectivity index is 2.30. The lowest BCUT2D eigenvalue weighted by atomic mass is 10.1. The van der Waals surface area contributed by atoms with E-state index in [-0.39, 0.29) is 11.5 Å². The molecule has 2 N–H and O–H groups in total. The first kappa shape index (κ1) is 11.7. The number of carbonyl (C=O) groups is 1. The van der Waals surface area contributed by atoms with Crippen LogP contribution in [0.2, 0.25) is 5.02 Å². The quantitative estimate of drug-likeness (QED) is 0.881. The summed E-state index contributed by atoms with van der Waals surface area (Å²) in [5, 5.41) is 19.2. The van der Waals surface area contributed by atoms with E-state index in [0.717, 1.165) is 0 Å². The van der Waals surface area contributed by atoms with Crippen LogP contribution in [0.15, 0.2) is 40.8 Å². The van der Waals surface area contributed by atoms with Gasteiger partial charge in [0.1, 0.15) is 11.9 Å². The number of benzene rings is 1. The van der Waals surface area contributed by atoms with Crippen LogP contribution < -0.4 is 0 Å². The summed E-state index contributed by atoms with van der Waals surface area (Å²) in [6.45, 7) is 0. The number of hydrogen-bond donors (Lipinski definition) is 2. The number of carboxylic acid groups (broad SMARTS) is 1. The first-order valence-electron chi connectivity index (χ1n) is 4.84. The molecule has 0 saturated carbocycles. The predicted octanol–water partition coefficient (Wildman–Crippen LogP) is 2.71. The van der Waals surface area contributed by atoms with Gasteiger partial charge in [-0.15, -0.1) is 0 Å². The van der Waals surface area contributed by atoms with Crippen LogP contribution in [-0.2, 0) is 0 Å². The first-order chi connectivity index (χ1) is 8.08. The molecule has 0 aliphatic carbocycles. The highest BCUT2D eigenvalue weighted by Crippen LogP contribution is 2.25. The van der Waals surface area contributed by atoms with Gasteiger partial charge in [-0.3, -0.25) is 0 Å². The molecule has 1 aromatic carbocycles. The molecule has 0 radical (unpaired) electrons. The van der Waals surface area contributed by atoms with Gasteiger partial charge < -0.3 is 14.6 Å². The fourth-order valence-electron chi connectivity index (χ4n) is 1.46. The van der Waals surface area contributed by atoms with E-state index in [9.17, 15) is 9.90 Å². The van der Waals surface area contributed by atoms with Gasteiger partial charge in [-0.2, -0.15) is 0 Å². The smallest absolute Gasteiger partial charge is 0.371 e. The molecular weight excluding hydrogens is 244 g/mol. The highest BCUT2D eigenvalue weighted by Gasteiger charge is 2.17. The Morgan fingerprint density at radius 1 is 1.29 bits per heavy atom. The van der Waals surface area contributed by atoms with Crippen molar-refractivity contribution in [2.45, 2.75) is 6.10 Å². The van der Waals surface area contributed by atoms with Crippen molar-refractivity contribution in [3.8, 4) is 0 Å². The van der Waals surface area contributed by atoms with Crippen LogP contribution in [-0.4, -0.2) is 16.2 Å². The third-order valence-corrected chi connectivity index (χ3v) is 2.51. The molecule has 2 aromatic rings. The molecule has 0 saturated heterocycles. The molecule has 1 heterocycles. The maximum absolute atomic E-state index is 10.6. The lowest BCUT2D eigenvalue weighted by molar-refractivity contribution is 0.0655. The number of hydrogen-bond acceptors (Lipinski definition) is 3. The standard InChI is InChI=1S/C12H9ClO4/c13-8-3-1-2-7(6-8)11(14)9-4-5-10(17-9)12(15)16/h1-6,11,14H,(H,15,16). The summed E-state index contributed by atoms with van der Waals surface area (Å²) in [5.74, 6) is -1.21. The van der Waals surface area contributed by atoms with Crippen molar-refractivity contribution in [1.29, 1.82) is 0 Å². The zero-order chi connectivity index (χ0) is 12.4. The highest BCUT2D eigenvalue weighted by atomic mass is 35.5. The second kappa shape index (κ2) is 4.61. The molecule has 17 heavy (non-hydrogen) atoms. The Morgan fingerprint density at radius 2 is 2.06 bits per heavy atom. The Morgan fingerprint density at radius 3 is 2.65 bits per heavy atom. The van der Waals surface area contributed by atoms with Crippen molar-refractivity contribution in [3.05, 3.63) is 58.5 Å². The molecule has 88 valence electrons. The number of rotatable bonds is 3. The SMILES string of the molecule is O=C(O)c1ccc(C(O)c2cccc(Cl)c2)o1. The van der Waals surface area contributed by atoms with Gasteiger partial charge >= 0.3 is 5.97 Å². The summed E-state index contributed by atoms with van der Waals surface area (Å²) >= 11 is 5.80. The minimum absolute atomic E-state index is 0.171. The van der Waals surface area contributed by atoms with Gasteiger partial charge in [0.05, 0.1) is 0 Å². The minimum Gasteiger partial charge on any atom is -0.475 e. The molecule has 5 heteroatoms. The van der Waals surface area contributed by atoms with Crippen molar-refractivity contribution in [2.24, 2.45) is 0 Å². The third-order valence-electron chi connectivity index (χ3n) is 2.27. The Kier molecular flexibility index (Phi) is 3.17. The Hall–Kier alpha value is -1.78. The van der Waals surface area contributed by atoms with E-state index in [0.29, 0.717) is 10.6 Å². The number of aliphatic hydroxyl groups is 1. The molecule has 1 atom stereocenters. The molecule has 1 aromatic heterocycles. The summed E-state index contributed by atoms with van der Waals surface area (Å²) in [5.41, 5.74) is 0.545. The van der Waals surface area contributed by atoms with Gasteiger partial charge in [-0.05, 0) is 29.8 Å². The van der Waals surface area contributed by atoms with Crippen LogP contribution in [0.3, 0.4) is 0 Å². The van der Waals surface area contributed by atoms with Crippen LogP contribution in [0.4, 0.5) is 0 Å². The molecule has 0 aliphatic rings. The number of aliphatic hydroxyl groups excluding tert-OH is 1. The minimum atomic E-state index is -1.17. The zero-order valence-corrected chi connectivity index (χ0v) is 9.39. The van der Waals surface area contributed by atoms with Gasteiger partial charge in [-0.1, -0.05) is 23.7 Å². The molecule has 0 amide bonds. The van der Waals surface area contributed by atoms with Crippen molar-refractivity contribution >= 4 is 17.6 Å². The topological polar surface area (TPSA) is 70.7 Å². The summed E-state index contributed by atoms with van der Waals surface area (Å²) in [6, 6.07) is 9.37. The molecule has 0 bridgehead atoms. The monoisotopic (exact) mass is 252 g/mol. The normalized spacial score (nSPS) is 12.4. The second-order valence-corrected chi connectivity index (χ2v) is 3.90. The average molecular weight is 253 g/mol. The number of carboxylic acids is 1. The molecule has 4 nitrogen and oxygen atoms in total. The van der Waals surface area contributed by atoms with Gasteiger partial charge in [0.2, 0.25) is 5.76 Å². The zero-order valence-electron chi connectivity index (χ0n) is 8.63. The van der Waals surface area contributed by atoms with Crippen LogP contribution in [0, 0.1) is 0 Å². The lowest BCUT2D eigenvalue weighted by Gasteiger charge is -2.07. The fraction of sp³-hybridized carbons (Fsp3) is 0.0833. The number of furan rings is 1. The van der Waals surface area contributed by atoms with Crippen LogP contribution >= 0.6 is 11.6 Å². The van der Waals surface area contributed by atoms with E-state index >= 15 is 0 Å². The maximum atomic E-state index is 10.6. The van der Waals surface area contributed by atoms with E-state index in [2.05, 4.69) is 0 Å². The van der Waals surface area contributed by atoms with E-state index in [4.69, 9.17) is 21.1 Å². The van der Waals surface area contributed by atoms with Crippen LogP contribution in [0.25, 0.3) is 0 Å². The van der Waals surface area contributed by atoms with Crippen molar-refractivity contribution in [1.82, 2.24) is 0 Å². The highest BCUT2D eigenvalue weighted by molar-refractivity contribution is 6.30.